The highest BCUT2D eigenvalue weighted by molar-refractivity contribution is 6.28. The fraction of sp³-hybridized carbons (Fsp3) is 0.444. The lowest BCUT2D eigenvalue weighted by Gasteiger charge is -2.15. The first-order valence-electron chi connectivity index (χ1n) is 4.36. The molecule has 1 amide bonds. The summed E-state index contributed by atoms with van der Waals surface area (Å²) in [4.78, 5) is 10.6. The van der Waals surface area contributed by atoms with Crippen molar-refractivity contribution in [3.8, 4) is 0 Å². The molecule has 0 aliphatic heterocycles. The minimum absolute atomic E-state index is 0.0468. The van der Waals surface area contributed by atoms with Gasteiger partial charge in [0.1, 0.15) is 18.0 Å². The molecule has 1 heterocycles. The molecule has 0 bridgehead atoms. The molecule has 1 aromatic heterocycles. The molecule has 5 nitrogen and oxygen atoms in total. The van der Waals surface area contributed by atoms with E-state index in [1.165, 1.54) is 19.1 Å². The Balaban J connectivity index is 2.52. The van der Waals surface area contributed by atoms with Gasteiger partial charge in [-0.1, -0.05) is 0 Å². The Morgan fingerprint density at radius 2 is 2.27 bits per heavy atom. The Morgan fingerprint density at radius 3 is 2.73 bits per heavy atom. The van der Waals surface area contributed by atoms with Gasteiger partial charge in [-0.25, -0.2) is 0 Å². The maximum Gasteiger partial charge on any atom is 0.216 e. The molecular formula is C9H12ClNO4. The van der Waals surface area contributed by atoms with Gasteiger partial charge in [0.2, 0.25) is 5.91 Å². The zero-order valence-electron chi connectivity index (χ0n) is 8.11. The molecule has 84 valence electrons. The predicted molar refractivity (Wildman–Crippen MR) is 53.4 cm³/mol. The lowest BCUT2D eigenvalue weighted by atomic mass is 10.1. The van der Waals surface area contributed by atoms with Crippen molar-refractivity contribution in [3.05, 3.63) is 23.1 Å². The average molecular weight is 234 g/mol. The molecular weight excluding hydrogens is 222 g/mol. The van der Waals surface area contributed by atoms with Crippen LogP contribution in [0.3, 0.4) is 0 Å². The number of aliphatic hydroxyl groups is 2. The molecule has 0 saturated carbocycles. The summed E-state index contributed by atoms with van der Waals surface area (Å²) in [6.45, 7) is 1.28. The van der Waals surface area contributed by atoms with Gasteiger partial charge in [0, 0.05) is 13.5 Å². The fourth-order valence-corrected chi connectivity index (χ4v) is 1.19. The van der Waals surface area contributed by atoms with Crippen LogP contribution in [-0.2, 0) is 4.79 Å². The molecule has 2 unspecified atom stereocenters. The SMILES string of the molecule is CC(=O)NCC(O)C(O)c1ccc(Cl)o1. The van der Waals surface area contributed by atoms with Crippen LogP contribution in [-0.4, -0.2) is 28.8 Å². The standard InChI is InChI=1S/C9H12ClNO4/c1-5(12)11-4-6(13)9(14)7-2-3-8(10)15-7/h2-3,6,9,13-14H,4H2,1H3,(H,11,12). The maximum absolute atomic E-state index is 10.6. The highest BCUT2D eigenvalue weighted by Crippen LogP contribution is 2.22. The topological polar surface area (TPSA) is 82.7 Å². The fourth-order valence-electron chi connectivity index (χ4n) is 1.04. The summed E-state index contributed by atoms with van der Waals surface area (Å²) in [5.41, 5.74) is 0. The Labute approximate surface area is 91.7 Å². The number of carbonyl (C=O) groups excluding carboxylic acids is 1. The number of carbonyl (C=O) groups is 1. The predicted octanol–water partition coefficient (Wildman–Crippen LogP) is 0.463. The Kier molecular flexibility index (Phi) is 4.14. The Morgan fingerprint density at radius 1 is 1.60 bits per heavy atom. The van der Waals surface area contributed by atoms with Crippen LogP contribution in [0.1, 0.15) is 18.8 Å². The summed E-state index contributed by atoms with van der Waals surface area (Å²) in [5, 5.41) is 21.5. The third-order valence-corrected chi connectivity index (χ3v) is 2.01. The molecule has 0 aliphatic carbocycles. The van der Waals surface area contributed by atoms with Gasteiger partial charge in [-0.05, 0) is 23.7 Å². The normalized spacial score (nSPS) is 14.7. The molecule has 0 saturated heterocycles. The Bertz CT molecular complexity index is 339. The number of amides is 1. The minimum Gasteiger partial charge on any atom is -0.447 e. The number of rotatable bonds is 4. The molecule has 3 N–H and O–H groups in total. The molecule has 0 radical (unpaired) electrons. The summed E-state index contributed by atoms with van der Waals surface area (Å²) < 4.78 is 4.92. The van der Waals surface area contributed by atoms with Gasteiger partial charge in [0.25, 0.3) is 0 Å². The zero-order chi connectivity index (χ0) is 11.4. The van der Waals surface area contributed by atoms with Crippen molar-refractivity contribution >= 4 is 17.5 Å². The van der Waals surface area contributed by atoms with Crippen molar-refractivity contribution in [2.75, 3.05) is 6.54 Å². The molecule has 15 heavy (non-hydrogen) atoms. The van der Waals surface area contributed by atoms with E-state index in [0.717, 1.165) is 0 Å². The number of hydrogen-bond donors (Lipinski definition) is 3. The number of hydrogen-bond acceptors (Lipinski definition) is 4. The van der Waals surface area contributed by atoms with Gasteiger partial charge >= 0.3 is 0 Å². The van der Waals surface area contributed by atoms with E-state index in [1.54, 1.807) is 0 Å². The largest absolute Gasteiger partial charge is 0.447 e. The highest BCUT2D eigenvalue weighted by Gasteiger charge is 2.21. The summed E-state index contributed by atoms with van der Waals surface area (Å²) in [6.07, 6.45) is -2.33. The molecule has 0 fully saturated rings. The van der Waals surface area contributed by atoms with Crippen LogP contribution in [0.2, 0.25) is 5.22 Å². The lowest BCUT2D eigenvalue weighted by molar-refractivity contribution is -0.119. The van der Waals surface area contributed by atoms with Gasteiger partial charge in [-0.2, -0.15) is 0 Å². The minimum atomic E-state index is -1.20. The van der Waals surface area contributed by atoms with Crippen LogP contribution in [0.4, 0.5) is 0 Å². The van der Waals surface area contributed by atoms with Crippen molar-refractivity contribution < 1.29 is 19.4 Å². The van der Waals surface area contributed by atoms with Crippen molar-refractivity contribution in [1.29, 1.82) is 0 Å². The van der Waals surface area contributed by atoms with Gasteiger partial charge < -0.3 is 19.9 Å². The summed E-state index contributed by atoms with van der Waals surface area (Å²) in [6, 6.07) is 2.93. The van der Waals surface area contributed by atoms with E-state index in [0.29, 0.717) is 0 Å². The van der Waals surface area contributed by atoms with Crippen LogP contribution in [0.25, 0.3) is 0 Å². The molecule has 1 rings (SSSR count). The number of nitrogens with one attached hydrogen (secondary N) is 1. The smallest absolute Gasteiger partial charge is 0.216 e. The first kappa shape index (κ1) is 12.0. The first-order valence-corrected chi connectivity index (χ1v) is 4.74. The van der Waals surface area contributed by atoms with Crippen molar-refractivity contribution in [2.45, 2.75) is 19.1 Å². The number of aliphatic hydroxyl groups excluding tert-OH is 2. The second-order valence-corrected chi connectivity index (χ2v) is 3.46. The van der Waals surface area contributed by atoms with Gasteiger partial charge in [0.15, 0.2) is 5.22 Å². The zero-order valence-corrected chi connectivity index (χ0v) is 8.86. The van der Waals surface area contributed by atoms with Crippen molar-refractivity contribution in [3.63, 3.8) is 0 Å². The van der Waals surface area contributed by atoms with Crippen LogP contribution < -0.4 is 5.32 Å². The van der Waals surface area contributed by atoms with E-state index >= 15 is 0 Å². The van der Waals surface area contributed by atoms with E-state index in [1.807, 2.05) is 0 Å². The molecule has 0 aliphatic rings. The second kappa shape index (κ2) is 5.16. The van der Waals surface area contributed by atoms with Gasteiger partial charge in [-0.3, -0.25) is 4.79 Å². The number of halogens is 1. The average Bonchev–Trinajstić information content (AvgIpc) is 2.60. The quantitative estimate of drug-likeness (QED) is 0.706. The summed E-state index contributed by atoms with van der Waals surface area (Å²) in [7, 11) is 0. The lowest BCUT2D eigenvalue weighted by Crippen LogP contribution is -2.34. The van der Waals surface area contributed by atoms with Gasteiger partial charge in [0.05, 0.1) is 0 Å². The van der Waals surface area contributed by atoms with E-state index in [4.69, 9.17) is 16.0 Å². The van der Waals surface area contributed by atoms with E-state index in [2.05, 4.69) is 5.32 Å². The molecule has 0 aromatic carbocycles. The van der Waals surface area contributed by atoms with Crippen LogP contribution in [0, 0.1) is 0 Å². The Hall–Kier alpha value is -1.04. The van der Waals surface area contributed by atoms with E-state index in [-0.39, 0.29) is 23.4 Å². The molecule has 0 spiro atoms. The third kappa shape index (κ3) is 3.54. The monoisotopic (exact) mass is 233 g/mol. The number of furan rings is 1. The van der Waals surface area contributed by atoms with Crippen molar-refractivity contribution in [1.82, 2.24) is 5.32 Å². The van der Waals surface area contributed by atoms with Gasteiger partial charge in [-0.15, -0.1) is 0 Å². The summed E-state index contributed by atoms with van der Waals surface area (Å²) in [5.74, 6) is -0.114. The molecule has 6 heteroatoms. The molecule has 2 atom stereocenters. The third-order valence-electron chi connectivity index (χ3n) is 1.81. The van der Waals surface area contributed by atoms with E-state index < -0.39 is 12.2 Å². The summed E-state index contributed by atoms with van der Waals surface area (Å²) >= 11 is 5.51. The van der Waals surface area contributed by atoms with E-state index in [9.17, 15) is 15.0 Å². The van der Waals surface area contributed by atoms with Crippen molar-refractivity contribution in [2.24, 2.45) is 0 Å². The van der Waals surface area contributed by atoms with Crippen LogP contribution in [0.15, 0.2) is 16.5 Å². The maximum atomic E-state index is 10.6. The van der Waals surface area contributed by atoms with Crippen LogP contribution in [0.5, 0.6) is 0 Å². The van der Waals surface area contributed by atoms with Crippen LogP contribution >= 0.6 is 11.6 Å². The highest BCUT2D eigenvalue weighted by atomic mass is 35.5. The first-order chi connectivity index (χ1) is 7.00. The molecule has 1 aromatic rings. The second-order valence-electron chi connectivity index (χ2n) is 3.09.